The average Bonchev–Trinajstić information content (AvgIpc) is 2.56. The second-order valence-electron chi connectivity index (χ2n) is 5.12. The Bertz CT molecular complexity index is 735. The lowest BCUT2D eigenvalue weighted by atomic mass is 10.2. The van der Waals surface area contributed by atoms with Crippen LogP contribution in [0.3, 0.4) is 0 Å². The highest BCUT2D eigenvalue weighted by Crippen LogP contribution is 2.42. The maximum atomic E-state index is 6.27. The molecule has 0 aliphatic rings. The van der Waals surface area contributed by atoms with Gasteiger partial charge in [0.15, 0.2) is 0 Å². The van der Waals surface area contributed by atoms with Gasteiger partial charge in [-0.05, 0) is 22.8 Å². The summed E-state index contributed by atoms with van der Waals surface area (Å²) in [6.45, 7) is 2.12. The van der Waals surface area contributed by atoms with E-state index in [-0.39, 0.29) is 0 Å². The molecule has 0 nitrogen and oxygen atoms in total. The average molecular weight is 308 g/mol. The lowest BCUT2D eigenvalue weighted by Gasteiger charge is -2.24. The van der Waals surface area contributed by atoms with Crippen molar-refractivity contribution in [3.05, 3.63) is 90.5 Å². The molecule has 0 saturated carbocycles. The smallest absolute Gasteiger partial charge is 0.0379 e. The zero-order valence-corrected chi connectivity index (χ0v) is 13.6. The molecule has 0 unspecified atom stereocenters. The van der Waals surface area contributed by atoms with Gasteiger partial charge in [-0.2, -0.15) is 0 Å². The summed E-state index contributed by atoms with van der Waals surface area (Å²) >= 11 is 6.27. The van der Waals surface area contributed by atoms with E-state index in [2.05, 4.69) is 79.7 Å². The summed E-state index contributed by atoms with van der Waals surface area (Å²) in [5.41, 5.74) is 1.26. The minimum absolute atomic E-state index is 1.25. The normalized spacial score (nSPS) is 11.3. The molecule has 0 aromatic heterocycles. The van der Waals surface area contributed by atoms with Crippen molar-refractivity contribution in [2.45, 2.75) is 6.92 Å². The fraction of sp³-hybridized carbons (Fsp3) is 0.0526. The third-order valence-electron chi connectivity index (χ3n) is 3.60. The zero-order chi connectivity index (χ0) is 14.7. The number of rotatable bonds is 3. The Morgan fingerprint density at radius 3 is 1.57 bits per heavy atom. The van der Waals surface area contributed by atoms with Crippen LogP contribution in [0.25, 0.3) is 0 Å². The Morgan fingerprint density at radius 1 is 0.619 bits per heavy atom. The molecule has 3 aromatic rings. The fourth-order valence-electron chi connectivity index (χ4n) is 2.55. The monoisotopic (exact) mass is 308 g/mol. The van der Waals surface area contributed by atoms with Gasteiger partial charge >= 0.3 is 0 Å². The summed E-state index contributed by atoms with van der Waals surface area (Å²) in [6.07, 6.45) is 0. The van der Waals surface area contributed by atoms with E-state index >= 15 is 0 Å². The summed E-state index contributed by atoms with van der Waals surface area (Å²) in [4.78, 5) is 0. The molecule has 104 valence electrons. The molecule has 3 rings (SSSR count). The van der Waals surface area contributed by atoms with Crippen LogP contribution >= 0.6 is 6.04 Å². The van der Waals surface area contributed by atoms with E-state index in [1.807, 2.05) is 12.1 Å². The van der Waals surface area contributed by atoms with E-state index in [1.54, 1.807) is 0 Å². The predicted octanol–water partition coefficient (Wildman–Crippen LogP) is 3.75. The minimum Gasteiger partial charge on any atom is -0.0826 e. The quantitative estimate of drug-likeness (QED) is 0.664. The molecular weight excluding hydrogens is 291 g/mol. The van der Waals surface area contributed by atoms with Crippen LogP contribution in [0, 0.1) is 6.92 Å². The Hall–Kier alpha value is -1.69. The molecule has 0 heterocycles. The van der Waals surface area contributed by atoms with Crippen LogP contribution in [-0.4, -0.2) is 0 Å². The second-order valence-corrected chi connectivity index (χ2v) is 9.53. The standard InChI is InChI=1S/C19H17PS/c1-16-9-8-14-19(15-16)20(21,17-10-4-2-5-11-17)18-12-6-3-7-13-18/h2-15H,1H3. The van der Waals surface area contributed by atoms with Crippen LogP contribution in [0.15, 0.2) is 84.9 Å². The summed E-state index contributed by atoms with van der Waals surface area (Å²) in [6, 6.07) is 27.7. The maximum absolute atomic E-state index is 6.27. The van der Waals surface area contributed by atoms with Crippen LogP contribution in [0.5, 0.6) is 0 Å². The maximum Gasteiger partial charge on any atom is 0.0379 e. The van der Waals surface area contributed by atoms with Crippen molar-refractivity contribution in [1.29, 1.82) is 0 Å². The fourth-order valence-corrected chi connectivity index (χ4v) is 6.38. The van der Waals surface area contributed by atoms with E-state index < -0.39 is 6.04 Å². The summed E-state index contributed by atoms with van der Waals surface area (Å²) in [5, 5.41) is 3.75. The van der Waals surface area contributed by atoms with E-state index in [4.69, 9.17) is 11.8 Å². The van der Waals surface area contributed by atoms with E-state index in [1.165, 1.54) is 21.5 Å². The van der Waals surface area contributed by atoms with Crippen LogP contribution < -0.4 is 15.9 Å². The molecule has 2 heteroatoms. The minimum atomic E-state index is -1.97. The summed E-state index contributed by atoms with van der Waals surface area (Å²) in [5.74, 6) is 0. The van der Waals surface area contributed by atoms with Crippen molar-refractivity contribution < 1.29 is 0 Å². The van der Waals surface area contributed by atoms with Gasteiger partial charge in [0, 0.05) is 6.04 Å². The van der Waals surface area contributed by atoms with Crippen molar-refractivity contribution in [2.24, 2.45) is 0 Å². The van der Waals surface area contributed by atoms with Crippen LogP contribution in [0.1, 0.15) is 5.56 Å². The summed E-state index contributed by atoms with van der Waals surface area (Å²) < 4.78 is 0. The Balaban J connectivity index is 2.29. The zero-order valence-electron chi connectivity index (χ0n) is 11.9. The molecule has 0 radical (unpaired) electrons. The molecule has 0 atom stereocenters. The van der Waals surface area contributed by atoms with Crippen molar-refractivity contribution >= 4 is 33.8 Å². The molecule has 21 heavy (non-hydrogen) atoms. The first kappa shape index (κ1) is 14.3. The number of benzene rings is 3. The van der Waals surface area contributed by atoms with Gasteiger partial charge in [-0.25, -0.2) is 0 Å². The van der Waals surface area contributed by atoms with E-state index in [0.717, 1.165) is 0 Å². The van der Waals surface area contributed by atoms with Crippen LogP contribution in [-0.2, 0) is 11.8 Å². The van der Waals surface area contributed by atoms with Gasteiger partial charge in [-0.15, -0.1) is 0 Å². The van der Waals surface area contributed by atoms with Gasteiger partial charge in [-0.1, -0.05) is 102 Å². The number of hydrogen-bond acceptors (Lipinski definition) is 1. The van der Waals surface area contributed by atoms with Crippen molar-refractivity contribution in [3.8, 4) is 0 Å². The first-order valence-electron chi connectivity index (χ1n) is 7.00. The molecule has 0 fully saturated rings. The third-order valence-corrected chi connectivity index (χ3v) is 8.56. The topological polar surface area (TPSA) is 0 Å². The van der Waals surface area contributed by atoms with Gasteiger partial charge in [0.2, 0.25) is 0 Å². The first-order valence-corrected chi connectivity index (χ1v) is 9.80. The van der Waals surface area contributed by atoms with Gasteiger partial charge in [0.05, 0.1) is 0 Å². The van der Waals surface area contributed by atoms with Crippen LogP contribution in [0.2, 0.25) is 0 Å². The highest BCUT2D eigenvalue weighted by atomic mass is 32.4. The molecule has 0 N–H and O–H groups in total. The van der Waals surface area contributed by atoms with Crippen molar-refractivity contribution in [1.82, 2.24) is 0 Å². The van der Waals surface area contributed by atoms with Gasteiger partial charge < -0.3 is 0 Å². The molecule has 0 aliphatic heterocycles. The largest absolute Gasteiger partial charge is 0.0826 e. The number of aryl methyl sites for hydroxylation is 1. The third kappa shape index (κ3) is 2.72. The first-order chi connectivity index (χ1) is 10.2. The Morgan fingerprint density at radius 2 is 1.10 bits per heavy atom. The summed E-state index contributed by atoms with van der Waals surface area (Å²) in [7, 11) is 0. The van der Waals surface area contributed by atoms with E-state index in [0.29, 0.717) is 0 Å². The van der Waals surface area contributed by atoms with Gasteiger partial charge in [-0.3, -0.25) is 0 Å². The SMILES string of the molecule is Cc1cccc(P(=S)(c2ccccc2)c2ccccc2)c1. The molecular formula is C19H17PS. The molecule has 0 amide bonds. The number of hydrogen-bond donors (Lipinski definition) is 0. The highest BCUT2D eigenvalue weighted by molar-refractivity contribution is 8.25. The Kier molecular flexibility index (Phi) is 4.05. The lowest BCUT2D eigenvalue weighted by molar-refractivity contribution is 1.50. The van der Waals surface area contributed by atoms with Gasteiger partial charge in [0.25, 0.3) is 0 Å². The Labute approximate surface area is 131 Å². The molecule has 0 saturated heterocycles. The van der Waals surface area contributed by atoms with Gasteiger partial charge in [0.1, 0.15) is 0 Å². The highest BCUT2D eigenvalue weighted by Gasteiger charge is 2.24. The molecule has 3 aromatic carbocycles. The van der Waals surface area contributed by atoms with Crippen molar-refractivity contribution in [2.75, 3.05) is 0 Å². The lowest BCUT2D eigenvalue weighted by Crippen LogP contribution is -2.24. The molecule has 0 spiro atoms. The predicted molar refractivity (Wildman–Crippen MR) is 97.3 cm³/mol. The second kappa shape index (κ2) is 5.97. The van der Waals surface area contributed by atoms with Crippen LogP contribution in [0.4, 0.5) is 0 Å². The van der Waals surface area contributed by atoms with Crippen molar-refractivity contribution in [3.63, 3.8) is 0 Å². The molecule has 0 bridgehead atoms. The molecule has 0 aliphatic carbocycles. The van der Waals surface area contributed by atoms with E-state index in [9.17, 15) is 0 Å².